The molecule has 1 amide bonds. The lowest BCUT2D eigenvalue weighted by atomic mass is 9.96. The van der Waals surface area contributed by atoms with Crippen molar-refractivity contribution in [1.82, 2.24) is 15.2 Å². The van der Waals surface area contributed by atoms with Crippen molar-refractivity contribution in [2.75, 3.05) is 32.7 Å². The van der Waals surface area contributed by atoms with Crippen LogP contribution in [-0.4, -0.2) is 54.6 Å². The maximum atomic E-state index is 13.8. The van der Waals surface area contributed by atoms with Crippen LogP contribution < -0.4 is 5.43 Å². The Bertz CT molecular complexity index is 1040. The normalized spacial score (nSPS) is 15.1. The first-order valence-corrected chi connectivity index (χ1v) is 11.8. The highest BCUT2D eigenvalue weighted by atomic mass is 35.5. The predicted molar refractivity (Wildman–Crippen MR) is 135 cm³/mol. The average molecular weight is 479 g/mol. The fraction of sp³-hybridized carbons (Fsp3) is 0.259. The minimum absolute atomic E-state index is 0.159. The monoisotopic (exact) mass is 478 g/mol. The number of hydrogen-bond acceptors (Lipinski definition) is 4. The molecule has 1 saturated heterocycles. The second-order valence-corrected chi connectivity index (χ2v) is 8.69. The number of nitrogens with zero attached hydrogens (tertiary/aromatic N) is 3. The van der Waals surface area contributed by atoms with Gasteiger partial charge in [-0.25, -0.2) is 9.82 Å². The van der Waals surface area contributed by atoms with Gasteiger partial charge < -0.3 is 4.90 Å². The minimum atomic E-state index is -0.479. The molecule has 5 nitrogen and oxygen atoms in total. The quantitative estimate of drug-likeness (QED) is 0.376. The number of halogens is 2. The first-order chi connectivity index (χ1) is 16.6. The van der Waals surface area contributed by atoms with E-state index in [9.17, 15) is 9.18 Å². The highest BCUT2D eigenvalue weighted by molar-refractivity contribution is 6.33. The molecule has 1 heterocycles. The molecule has 0 aliphatic carbocycles. The highest BCUT2D eigenvalue weighted by Crippen LogP contribution is 2.29. The van der Waals surface area contributed by atoms with Gasteiger partial charge in [0.15, 0.2) is 0 Å². The van der Waals surface area contributed by atoms with Gasteiger partial charge in [0, 0.05) is 44.7 Å². The molecule has 0 spiro atoms. The van der Waals surface area contributed by atoms with E-state index in [1.165, 1.54) is 29.5 Å². The number of hydrazone groups is 1. The summed E-state index contributed by atoms with van der Waals surface area (Å²) in [4.78, 5) is 17.0. The summed E-state index contributed by atoms with van der Waals surface area (Å²) in [5.74, 6) is -0.690. The number of hydrogen-bond donors (Lipinski definition) is 1. The molecule has 0 saturated carbocycles. The zero-order valence-electron chi connectivity index (χ0n) is 18.9. The number of benzene rings is 3. The Kier molecular flexibility index (Phi) is 8.41. The van der Waals surface area contributed by atoms with E-state index >= 15 is 0 Å². The Labute approximate surface area is 204 Å². The van der Waals surface area contributed by atoms with Crippen LogP contribution in [0.5, 0.6) is 0 Å². The summed E-state index contributed by atoms with van der Waals surface area (Å²) < 4.78 is 13.8. The number of piperazine rings is 1. The van der Waals surface area contributed by atoms with Crippen LogP contribution >= 0.6 is 11.6 Å². The van der Waals surface area contributed by atoms with Crippen LogP contribution in [0.3, 0.4) is 0 Å². The fourth-order valence-corrected chi connectivity index (χ4v) is 4.46. The summed E-state index contributed by atoms with van der Waals surface area (Å²) in [6.45, 7) is 4.26. The van der Waals surface area contributed by atoms with Crippen LogP contribution in [0.4, 0.5) is 4.39 Å². The third kappa shape index (κ3) is 6.29. The van der Waals surface area contributed by atoms with Crippen molar-refractivity contribution >= 4 is 23.7 Å². The summed E-state index contributed by atoms with van der Waals surface area (Å²) in [7, 11) is 0. The second-order valence-electron chi connectivity index (χ2n) is 8.28. The molecule has 1 aliphatic rings. The third-order valence-corrected chi connectivity index (χ3v) is 6.37. The largest absolute Gasteiger partial charge is 0.300 e. The van der Waals surface area contributed by atoms with Gasteiger partial charge >= 0.3 is 0 Å². The minimum Gasteiger partial charge on any atom is -0.300 e. The molecule has 3 aromatic carbocycles. The van der Waals surface area contributed by atoms with Crippen LogP contribution in [0.15, 0.2) is 84.0 Å². The lowest BCUT2D eigenvalue weighted by Crippen LogP contribution is -2.48. The van der Waals surface area contributed by atoms with E-state index in [4.69, 9.17) is 11.6 Å². The molecule has 34 heavy (non-hydrogen) atoms. The van der Waals surface area contributed by atoms with Crippen LogP contribution in [0.2, 0.25) is 5.02 Å². The second kappa shape index (κ2) is 11.9. The van der Waals surface area contributed by atoms with E-state index < -0.39 is 5.82 Å². The molecule has 4 rings (SSSR count). The van der Waals surface area contributed by atoms with Crippen LogP contribution in [0, 0.1) is 5.82 Å². The zero-order valence-corrected chi connectivity index (χ0v) is 19.7. The first-order valence-electron chi connectivity index (χ1n) is 11.4. The number of nitrogens with one attached hydrogen (secondary N) is 1. The topological polar surface area (TPSA) is 47.9 Å². The van der Waals surface area contributed by atoms with E-state index in [0.717, 1.165) is 26.2 Å². The van der Waals surface area contributed by atoms with Crippen LogP contribution in [0.1, 0.15) is 29.2 Å². The van der Waals surface area contributed by atoms with Gasteiger partial charge in [-0.1, -0.05) is 78.3 Å². The van der Waals surface area contributed by atoms with E-state index in [1.54, 1.807) is 6.07 Å². The molecule has 7 heteroatoms. The van der Waals surface area contributed by atoms with Crippen molar-refractivity contribution < 1.29 is 9.18 Å². The standard InChI is InChI=1S/C27H28ClFN4O/c28-24-12-7-13-25(29)23(24)20-30-31-26(34)14-15-32-16-18-33(19-17-32)27(21-8-3-1-4-9-21)22-10-5-2-6-11-22/h1-13,20,27H,14-19H2,(H,31,34)/b30-20+. The van der Waals surface area contributed by atoms with Gasteiger partial charge in [0.25, 0.3) is 0 Å². The van der Waals surface area contributed by atoms with E-state index in [-0.39, 0.29) is 22.5 Å². The smallest absolute Gasteiger partial charge is 0.241 e. The molecular formula is C27H28ClFN4O. The van der Waals surface area contributed by atoms with Crippen molar-refractivity contribution in [2.24, 2.45) is 5.10 Å². The van der Waals surface area contributed by atoms with Gasteiger partial charge in [0.05, 0.1) is 17.3 Å². The third-order valence-electron chi connectivity index (χ3n) is 6.04. The van der Waals surface area contributed by atoms with Gasteiger partial charge in [-0.2, -0.15) is 5.10 Å². The highest BCUT2D eigenvalue weighted by Gasteiger charge is 2.26. The van der Waals surface area contributed by atoms with Crippen molar-refractivity contribution in [3.8, 4) is 0 Å². The van der Waals surface area contributed by atoms with E-state index in [1.807, 2.05) is 12.1 Å². The van der Waals surface area contributed by atoms with Crippen molar-refractivity contribution in [1.29, 1.82) is 0 Å². The van der Waals surface area contributed by atoms with Crippen LogP contribution in [0.25, 0.3) is 0 Å². The Balaban J connectivity index is 1.28. The number of carbonyl (C=O) groups excluding carboxylic acids is 1. The molecule has 1 fully saturated rings. The lowest BCUT2D eigenvalue weighted by molar-refractivity contribution is -0.121. The van der Waals surface area contributed by atoms with Crippen molar-refractivity contribution in [2.45, 2.75) is 12.5 Å². The van der Waals surface area contributed by atoms with Gasteiger partial charge in [-0.3, -0.25) is 9.69 Å². The summed E-state index contributed by atoms with van der Waals surface area (Å²) in [6.07, 6.45) is 1.56. The first kappa shape index (κ1) is 24.1. The summed E-state index contributed by atoms with van der Waals surface area (Å²) in [6, 6.07) is 25.8. The predicted octanol–water partition coefficient (Wildman–Crippen LogP) is 4.73. The maximum Gasteiger partial charge on any atom is 0.241 e. The molecule has 3 aromatic rings. The van der Waals surface area contributed by atoms with Crippen LogP contribution in [-0.2, 0) is 4.79 Å². The van der Waals surface area contributed by atoms with Gasteiger partial charge in [-0.05, 0) is 23.3 Å². The van der Waals surface area contributed by atoms with Gasteiger partial charge in [0.2, 0.25) is 5.91 Å². The van der Waals surface area contributed by atoms with Crippen molar-refractivity contribution in [3.05, 3.63) is 106 Å². The number of amides is 1. The molecule has 176 valence electrons. The molecular weight excluding hydrogens is 451 g/mol. The molecule has 0 unspecified atom stereocenters. The van der Waals surface area contributed by atoms with Gasteiger partial charge in [0.1, 0.15) is 5.82 Å². The molecule has 0 radical (unpaired) electrons. The lowest BCUT2D eigenvalue weighted by Gasteiger charge is -2.39. The zero-order chi connectivity index (χ0) is 23.8. The molecule has 1 aliphatic heterocycles. The Morgan fingerprint density at radius 2 is 1.56 bits per heavy atom. The molecule has 0 aromatic heterocycles. The Morgan fingerprint density at radius 1 is 0.941 bits per heavy atom. The number of rotatable bonds is 8. The molecule has 0 atom stereocenters. The molecule has 1 N–H and O–H groups in total. The van der Waals surface area contributed by atoms with Gasteiger partial charge in [-0.15, -0.1) is 0 Å². The Morgan fingerprint density at radius 3 is 2.15 bits per heavy atom. The molecule has 0 bridgehead atoms. The summed E-state index contributed by atoms with van der Waals surface area (Å²) in [5.41, 5.74) is 5.20. The van der Waals surface area contributed by atoms with E-state index in [2.05, 4.69) is 68.9 Å². The number of carbonyl (C=O) groups is 1. The SMILES string of the molecule is O=C(CCN1CCN(C(c2ccccc2)c2ccccc2)CC1)N/N=C/c1c(F)cccc1Cl. The average Bonchev–Trinajstić information content (AvgIpc) is 2.87. The van der Waals surface area contributed by atoms with Crippen molar-refractivity contribution in [3.63, 3.8) is 0 Å². The summed E-state index contributed by atoms with van der Waals surface area (Å²) >= 11 is 5.97. The fourth-order valence-electron chi connectivity index (χ4n) is 4.25. The Hall–Kier alpha value is -3.06. The summed E-state index contributed by atoms with van der Waals surface area (Å²) in [5, 5.41) is 4.10. The maximum absolute atomic E-state index is 13.8. The van der Waals surface area contributed by atoms with E-state index in [0.29, 0.717) is 13.0 Å².